The summed E-state index contributed by atoms with van der Waals surface area (Å²) in [6.45, 7) is 2.73. The van der Waals surface area contributed by atoms with Gasteiger partial charge in [0.15, 0.2) is 0 Å². The molecule has 1 aliphatic heterocycles. The number of rotatable bonds is 1. The van der Waals surface area contributed by atoms with Crippen LogP contribution < -0.4 is 10.2 Å². The van der Waals surface area contributed by atoms with Gasteiger partial charge in [-0.25, -0.2) is 0 Å². The fourth-order valence-electron chi connectivity index (χ4n) is 2.28. The molecule has 1 atom stereocenters. The number of nitrogens with zero attached hydrogens (tertiary/aromatic N) is 1. The van der Waals surface area contributed by atoms with E-state index in [4.69, 9.17) is 0 Å². The standard InChI is InChI=1S/C13H16N2O/c1-9-13(16)15(11-6-7-11)12-5-3-2-4-10(12)8-14-9/h2-5,9,11,14H,6-8H2,1H3. The molecule has 1 heterocycles. The third kappa shape index (κ3) is 1.52. The van der Waals surface area contributed by atoms with Crippen LogP contribution in [0.5, 0.6) is 0 Å². The van der Waals surface area contributed by atoms with Crippen molar-refractivity contribution in [1.29, 1.82) is 0 Å². The van der Waals surface area contributed by atoms with Gasteiger partial charge in [0.1, 0.15) is 0 Å². The summed E-state index contributed by atoms with van der Waals surface area (Å²) in [6.07, 6.45) is 2.29. The molecule has 1 aromatic rings. The molecule has 1 fully saturated rings. The van der Waals surface area contributed by atoms with E-state index in [1.165, 1.54) is 5.56 Å². The summed E-state index contributed by atoms with van der Waals surface area (Å²) < 4.78 is 0. The minimum Gasteiger partial charge on any atom is -0.308 e. The Kier molecular flexibility index (Phi) is 2.21. The highest BCUT2D eigenvalue weighted by molar-refractivity contribution is 5.99. The molecule has 0 aromatic heterocycles. The van der Waals surface area contributed by atoms with Gasteiger partial charge in [0.05, 0.1) is 6.04 Å². The topological polar surface area (TPSA) is 32.3 Å². The van der Waals surface area contributed by atoms with E-state index in [0.29, 0.717) is 6.04 Å². The first kappa shape index (κ1) is 9.85. The summed E-state index contributed by atoms with van der Waals surface area (Å²) in [6, 6.07) is 8.57. The smallest absolute Gasteiger partial charge is 0.244 e. The molecule has 0 bridgehead atoms. The molecule has 0 radical (unpaired) electrons. The molecule has 1 N–H and O–H groups in total. The largest absolute Gasteiger partial charge is 0.308 e. The Balaban J connectivity index is 2.07. The molecule has 0 saturated heterocycles. The second-order valence-corrected chi connectivity index (χ2v) is 4.67. The maximum Gasteiger partial charge on any atom is 0.244 e. The SMILES string of the molecule is CC1NCc2ccccc2N(C2CC2)C1=O. The van der Waals surface area contributed by atoms with Gasteiger partial charge in [-0.05, 0) is 31.4 Å². The first-order valence-electron chi connectivity index (χ1n) is 5.92. The first-order chi connectivity index (χ1) is 7.77. The lowest BCUT2D eigenvalue weighted by Crippen LogP contribution is -2.43. The fraction of sp³-hybridized carbons (Fsp3) is 0.462. The quantitative estimate of drug-likeness (QED) is 0.774. The normalized spacial score (nSPS) is 25.2. The van der Waals surface area contributed by atoms with Crippen molar-refractivity contribution in [2.24, 2.45) is 0 Å². The van der Waals surface area contributed by atoms with Crippen LogP contribution in [0.2, 0.25) is 0 Å². The average Bonchev–Trinajstić information content (AvgIpc) is 3.11. The van der Waals surface area contributed by atoms with E-state index in [1.807, 2.05) is 24.0 Å². The summed E-state index contributed by atoms with van der Waals surface area (Å²) >= 11 is 0. The molecule has 3 heteroatoms. The van der Waals surface area contributed by atoms with Crippen LogP contribution in [0.25, 0.3) is 0 Å². The van der Waals surface area contributed by atoms with Crippen LogP contribution in [0.15, 0.2) is 24.3 Å². The molecule has 2 aliphatic rings. The lowest BCUT2D eigenvalue weighted by Gasteiger charge is -2.24. The Morgan fingerprint density at radius 2 is 2.06 bits per heavy atom. The lowest BCUT2D eigenvalue weighted by molar-refractivity contribution is -0.120. The van der Waals surface area contributed by atoms with Crippen molar-refractivity contribution in [3.63, 3.8) is 0 Å². The molecule has 3 rings (SSSR count). The number of anilines is 1. The van der Waals surface area contributed by atoms with Gasteiger partial charge in [-0.1, -0.05) is 18.2 Å². The molecule has 84 valence electrons. The number of benzene rings is 1. The first-order valence-corrected chi connectivity index (χ1v) is 5.92. The monoisotopic (exact) mass is 216 g/mol. The van der Waals surface area contributed by atoms with Gasteiger partial charge in [0.2, 0.25) is 5.91 Å². The van der Waals surface area contributed by atoms with Gasteiger partial charge in [0, 0.05) is 18.3 Å². The summed E-state index contributed by atoms with van der Waals surface area (Å²) in [4.78, 5) is 14.3. The predicted molar refractivity (Wildman–Crippen MR) is 63.3 cm³/mol. The third-order valence-electron chi connectivity index (χ3n) is 3.37. The minimum absolute atomic E-state index is 0.0759. The highest BCUT2D eigenvalue weighted by atomic mass is 16.2. The molecule has 1 aromatic carbocycles. The molecule has 0 spiro atoms. The number of fused-ring (bicyclic) bond motifs is 1. The van der Waals surface area contributed by atoms with E-state index in [0.717, 1.165) is 25.1 Å². The number of para-hydroxylation sites is 1. The second kappa shape index (κ2) is 3.59. The van der Waals surface area contributed by atoms with E-state index in [9.17, 15) is 4.79 Å². The van der Waals surface area contributed by atoms with Gasteiger partial charge >= 0.3 is 0 Å². The zero-order chi connectivity index (χ0) is 11.1. The Morgan fingerprint density at radius 3 is 2.81 bits per heavy atom. The van der Waals surface area contributed by atoms with Crippen molar-refractivity contribution in [3.8, 4) is 0 Å². The third-order valence-corrected chi connectivity index (χ3v) is 3.37. The minimum atomic E-state index is -0.0759. The summed E-state index contributed by atoms with van der Waals surface area (Å²) in [5.41, 5.74) is 2.33. The van der Waals surface area contributed by atoms with Crippen molar-refractivity contribution >= 4 is 11.6 Å². The summed E-state index contributed by atoms with van der Waals surface area (Å²) in [5.74, 6) is 0.215. The fourth-order valence-corrected chi connectivity index (χ4v) is 2.28. The van der Waals surface area contributed by atoms with Crippen LogP contribution in [0.4, 0.5) is 5.69 Å². The number of hydrogen-bond donors (Lipinski definition) is 1. The zero-order valence-corrected chi connectivity index (χ0v) is 9.44. The van der Waals surface area contributed by atoms with E-state index in [2.05, 4.69) is 17.4 Å². The van der Waals surface area contributed by atoms with Gasteiger partial charge in [-0.15, -0.1) is 0 Å². The number of carbonyl (C=O) groups is 1. The van der Waals surface area contributed by atoms with Gasteiger partial charge < -0.3 is 10.2 Å². The van der Waals surface area contributed by atoms with Crippen molar-refractivity contribution in [1.82, 2.24) is 5.32 Å². The van der Waals surface area contributed by atoms with E-state index < -0.39 is 0 Å². The van der Waals surface area contributed by atoms with Crippen LogP contribution in [0.1, 0.15) is 25.3 Å². The summed E-state index contributed by atoms with van der Waals surface area (Å²) in [5, 5.41) is 3.27. The molecule has 1 unspecified atom stereocenters. The molecule has 16 heavy (non-hydrogen) atoms. The molecular formula is C13H16N2O. The molecule has 1 saturated carbocycles. The van der Waals surface area contributed by atoms with Crippen molar-refractivity contribution in [2.75, 3.05) is 4.90 Å². The Bertz CT molecular complexity index is 426. The highest BCUT2D eigenvalue weighted by Gasteiger charge is 2.37. The van der Waals surface area contributed by atoms with Crippen LogP contribution in [-0.2, 0) is 11.3 Å². The van der Waals surface area contributed by atoms with Crippen LogP contribution in [-0.4, -0.2) is 18.0 Å². The number of carbonyl (C=O) groups excluding carboxylic acids is 1. The molecule has 3 nitrogen and oxygen atoms in total. The van der Waals surface area contributed by atoms with Gasteiger partial charge in [-0.3, -0.25) is 4.79 Å². The van der Waals surface area contributed by atoms with Crippen LogP contribution >= 0.6 is 0 Å². The highest BCUT2D eigenvalue weighted by Crippen LogP contribution is 2.35. The summed E-state index contributed by atoms with van der Waals surface area (Å²) in [7, 11) is 0. The van der Waals surface area contributed by atoms with Crippen molar-refractivity contribution < 1.29 is 4.79 Å². The van der Waals surface area contributed by atoms with Crippen LogP contribution in [0.3, 0.4) is 0 Å². The Morgan fingerprint density at radius 1 is 1.31 bits per heavy atom. The Labute approximate surface area is 95.4 Å². The van der Waals surface area contributed by atoms with Gasteiger partial charge in [0.25, 0.3) is 0 Å². The molecule has 1 amide bonds. The van der Waals surface area contributed by atoms with E-state index >= 15 is 0 Å². The van der Waals surface area contributed by atoms with E-state index in [1.54, 1.807) is 0 Å². The Hall–Kier alpha value is -1.35. The van der Waals surface area contributed by atoms with Crippen molar-refractivity contribution in [2.45, 2.75) is 38.4 Å². The number of amides is 1. The molecule has 1 aliphatic carbocycles. The zero-order valence-electron chi connectivity index (χ0n) is 9.44. The van der Waals surface area contributed by atoms with Crippen molar-refractivity contribution in [3.05, 3.63) is 29.8 Å². The van der Waals surface area contributed by atoms with Gasteiger partial charge in [-0.2, -0.15) is 0 Å². The van der Waals surface area contributed by atoms with E-state index in [-0.39, 0.29) is 11.9 Å². The maximum absolute atomic E-state index is 12.3. The number of nitrogens with one attached hydrogen (secondary N) is 1. The average molecular weight is 216 g/mol. The predicted octanol–water partition coefficient (Wildman–Crippen LogP) is 1.67. The van der Waals surface area contributed by atoms with Crippen LogP contribution in [0, 0.1) is 0 Å². The lowest BCUT2D eigenvalue weighted by atomic mass is 10.1. The number of hydrogen-bond acceptors (Lipinski definition) is 2. The maximum atomic E-state index is 12.3. The second-order valence-electron chi connectivity index (χ2n) is 4.67. The molecular weight excluding hydrogens is 200 g/mol.